The number of nitrogens with two attached hydrogens (primary N) is 1. The van der Waals surface area contributed by atoms with Gasteiger partial charge in [0.1, 0.15) is 28.7 Å². The van der Waals surface area contributed by atoms with Gasteiger partial charge in [0.25, 0.3) is 0 Å². The maximum Gasteiger partial charge on any atom is 0.352 e. The van der Waals surface area contributed by atoms with Gasteiger partial charge in [0.05, 0.1) is 16.6 Å². The van der Waals surface area contributed by atoms with Crippen molar-refractivity contribution in [1.29, 1.82) is 5.26 Å². The summed E-state index contributed by atoms with van der Waals surface area (Å²) >= 11 is 0. The molecule has 31 heavy (non-hydrogen) atoms. The van der Waals surface area contributed by atoms with Crippen LogP contribution < -0.4 is 16.1 Å². The van der Waals surface area contributed by atoms with Crippen LogP contribution in [0, 0.1) is 23.1 Å². The number of hydrogen-bond donors (Lipinski definition) is 2. The van der Waals surface area contributed by atoms with E-state index < -0.39 is 22.8 Å². The van der Waals surface area contributed by atoms with Crippen LogP contribution in [0.3, 0.4) is 0 Å². The Bertz CT molecular complexity index is 1190. The lowest BCUT2D eigenvalue weighted by Crippen LogP contribution is -2.44. The van der Waals surface area contributed by atoms with Crippen LogP contribution >= 0.6 is 12.4 Å². The highest BCUT2D eigenvalue weighted by molar-refractivity contribution is 5.95. The zero-order chi connectivity index (χ0) is 21.2. The van der Waals surface area contributed by atoms with E-state index in [9.17, 15) is 20.0 Å². The Balaban J connectivity index is 0.00000231. The van der Waals surface area contributed by atoms with E-state index in [-0.39, 0.29) is 52.2 Å². The molecule has 0 amide bonds. The third-order valence-corrected chi connectivity index (χ3v) is 6.66. The number of hydrogen-bond acceptors (Lipinski definition) is 6. The number of rotatable bonds is 4. The number of anilines is 1. The zero-order valence-corrected chi connectivity index (χ0v) is 17.5. The highest BCUT2D eigenvalue weighted by Gasteiger charge is 2.51. The molecular formula is C21H22ClFN4O4. The molecule has 1 saturated carbocycles. The highest BCUT2D eigenvalue weighted by atomic mass is 35.5. The summed E-state index contributed by atoms with van der Waals surface area (Å²) in [6, 6.07) is 4.08. The number of ether oxygens (including phenoxy) is 1. The Hall–Kier alpha value is -2.67. The van der Waals surface area contributed by atoms with Gasteiger partial charge in [-0.3, -0.25) is 4.79 Å². The van der Waals surface area contributed by atoms with E-state index in [1.54, 1.807) is 4.90 Å². The summed E-state index contributed by atoms with van der Waals surface area (Å²) in [5, 5.41) is 19.7. The van der Waals surface area contributed by atoms with Crippen LogP contribution in [-0.4, -0.2) is 47.5 Å². The van der Waals surface area contributed by atoms with Gasteiger partial charge in [-0.25, -0.2) is 9.18 Å². The van der Waals surface area contributed by atoms with Gasteiger partial charge in [0, 0.05) is 44.3 Å². The molecule has 8 nitrogen and oxygen atoms in total. The van der Waals surface area contributed by atoms with Gasteiger partial charge in [-0.1, -0.05) is 0 Å². The largest absolute Gasteiger partial charge is 0.477 e. The molecule has 0 spiro atoms. The number of fused-ring (bicyclic) bond motifs is 2. The third-order valence-electron chi connectivity index (χ3n) is 6.66. The lowest BCUT2D eigenvalue weighted by atomic mass is 9.91. The minimum absolute atomic E-state index is 0. The number of aromatic carboxylic acids is 1. The van der Waals surface area contributed by atoms with Crippen molar-refractivity contribution in [3.63, 3.8) is 0 Å². The molecule has 3 heterocycles. The quantitative estimate of drug-likeness (QED) is 0.733. The lowest BCUT2D eigenvalue weighted by molar-refractivity contribution is 0.0126. The molecule has 2 atom stereocenters. The summed E-state index contributed by atoms with van der Waals surface area (Å²) in [6.45, 7) is 1.73. The standard InChI is InChI=1S/C21H21FN4O4.ClH/c22-15-5-13-17(27)6-16(20(28)29)26(12-1-2-12)18(13)14(7-23)19(15)25-8-11-3-4-30-21(11,9-24)10-25;/h5-6,11-12H,1-4,8-10,24H2,(H,28,29);1H/t11-,21+;/m1./s1. The fourth-order valence-electron chi connectivity index (χ4n) is 5.08. The number of carbonyl (C=O) groups is 1. The van der Waals surface area contributed by atoms with E-state index in [1.165, 1.54) is 4.57 Å². The minimum Gasteiger partial charge on any atom is -0.477 e. The van der Waals surface area contributed by atoms with Gasteiger partial charge in [0.15, 0.2) is 5.43 Å². The molecule has 0 radical (unpaired) electrons. The first-order chi connectivity index (χ1) is 14.4. The van der Waals surface area contributed by atoms with Crippen molar-refractivity contribution in [3.8, 4) is 6.07 Å². The second kappa shape index (κ2) is 7.48. The molecule has 3 N–H and O–H groups in total. The summed E-state index contributed by atoms with van der Waals surface area (Å²) in [6.07, 6.45) is 2.29. The lowest BCUT2D eigenvalue weighted by Gasteiger charge is -2.28. The molecule has 0 bridgehead atoms. The SMILES string of the molecule is Cl.N#Cc1c(N2C[C@H]3CCO[C@@]3(CN)C2)c(F)cc2c(=O)cc(C(=O)O)n(C3CC3)c12. The third kappa shape index (κ3) is 3.09. The fourth-order valence-corrected chi connectivity index (χ4v) is 5.08. The van der Waals surface area contributed by atoms with Crippen LogP contribution in [0.1, 0.15) is 41.4 Å². The van der Waals surface area contributed by atoms with Crippen molar-refractivity contribution in [2.75, 3.05) is 31.1 Å². The summed E-state index contributed by atoms with van der Waals surface area (Å²) in [5.41, 5.74) is 4.89. The smallest absolute Gasteiger partial charge is 0.352 e. The van der Waals surface area contributed by atoms with Crippen molar-refractivity contribution >= 4 is 35.0 Å². The van der Waals surface area contributed by atoms with Crippen molar-refractivity contribution in [2.24, 2.45) is 11.7 Å². The summed E-state index contributed by atoms with van der Waals surface area (Å²) in [7, 11) is 0. The molecule has 164 valence electrons. The summed E-state index contributed by atoms with van der Waals surface area (Å²) < 4.78 is 22.7. The maximum atomic E-state index is 15.3. The van der Waals surface area contributed by atoms with Crippen LogP contribution in [0.25, 0.3) is 10.9 Å². The number of pyridine rings is 1. The van der Waals surface area contributed by atoms with E-state index in [2.05, 4.69) is 6.07 Å². The molecule has 10 heteroatoms. The molecule has 1 aromatic carbocycles. The molecular weight excluding hydrogens is 427 g/mol. The monoisotopic (exact) mass is 448 g/mol. The van der Waals surface area contributed by atoms with Crippen molar-refractivity contribution in [1.82, 2.24) is 4.57 Å². The predicted octanol–water partition coefficient (Wildman–Crippen LogP) is 2.02. The normalized spacial score (nSPS) is 24.7. The number of aromatic nitrogens is 1. The zero-order valence-electron chi connectivity index (χ0n) is 16.6. The highest BCUT2D eigenvalue weighted by Crippen LogP contribution is 2.44. The van der Waals surface area contributed by atoms with Crippen LogP contribution in [0.4, 0.5) is 10.1 Å². The molecule has 2 aromatic rings. The first kappa shape index (κ1) is 21.6. The van der Waals surface area contributed by atoms with Crippen LogP contribution in [0.5, 0.6) is 0 Å². The van der Waals surface area contributed by atoms with Gasteiger partial charge in [-0.2, -0.15) is 5.26 Å². The molecule has 2 aliphatic heterocycles. The summed E-state index contributed by atoms with van der Waals surface area (Å²) in [5.74, 6) is -1.80. The van der Waals surface area contributed by atoms with Crippen molar-refractivity contribution < 1.29 is 19.0 Å². The van der Waals surface area contributed by atoms with Crippen LogP contribution in [0.15, 0.2) is 16.9 Å². The first-order valence-electron chi connectivity index (χ1n) is 10.0. The van der Waals surface area contributed by atoms with E-state index in [4.69, 9.17) is 10.5 Å². The van der Waals surface area contributed by atoms with Gasteiger partial charge in [0.2, 0.25) is 0 Å². The van der Waals surface area contributed by atoms with E-state index >= 15 is 4.39 Å². The first-order valence-corrected chi connectivity index (χ1v) is 10.0. The second-order valence-electron chi connectivity index (χ2n) is 8.37. The number of carboxylic acids is 1. The molecule has 3 fully saturated rings. The average Bonchev–Trinajstić information content (AvgIpc) is 3.38. The Labute approximate surface area is 183 Å². The van der Waals surface area contributed by atoms with E-state index in [0.717, 1.165) is 31.4 Å². The van der Waals surface area contributed by atoms with Gasteiger partial charge >= 0.3 is 5.97 Å². The topological polar surface area (TPSA) is 122 Å². The molecule has 3 aliphatic rings. The fraction of sp³-hybridized carbons (Fsp3) is 0.476. The Kier molecular flexibility index (Phi) is 5.20. The van der Waals surface area contributed by atoms with E-state index in [0.29, 0.717) is 26.2 Å². The molecule has 0 unspecified atom stereocenters. The number of nitrogens with zero attached hydrogens (tertiary/aromatic N) is 3. The van der Waals surface area contributed by atoms with Crippen LogP contribution in [-0.2, 0) is 4.74 Å². The number of benzene rings is 1. The van der Waals surface area contributed by atoms with Crippen molar-refractivity contribution in [2.45, 2.75) is 30.9 Å². The van der Waals surface area contributed by atoms with Gasteiger partial charge in [-0.05, 0) is 25.3 Å². The number of carboxylic acid groups (broad SMARTS) is 1. The second-order valence-corrected chi connectivity index (χ2v) is 8.37. The molecule has 2 saturated heterocycles. The predicted molar refractivity (Wildman–Crippen MR) is 113 cm³/mol. The maximum absolute atomic E-state index is 15.3. The average molecular weight is 449 g/mol. The van der Waals surface area contributed by atoms with Gasteiger partial charge in [-0.15, -0.1) is 12.4 Å². The molecule has 5 rings (SSSR count). The molecule has 1 aliphatic carbocycles. The van der Waals surface area contributed by atoms with Gasteiger partial charge < -0.3 is 25.0 Å². The Morgan fingerprint density at radius 2 is 2.13 bits per heavy atom. The van der Waals surface area contributed by atoms with Crippen LogP contribution in [0.2, 0.25) is 0 Å². The minimum atomic E-state index is -1.25. The number of nitriles is 1. The van der Waals surface area contributed by atoms with E-state index in [1.807, 2.05) is 0 Å². The van der Waals surface area contributed by atoms with Crippen molar-refractivity contribution in [3.05, 3.63) is 39.4 Å². The Morgan fingerprint density at radius 1 is 1.39 bits per heavy atom. The number of halogens is 2. The summed E-state index contributed by atoms with van der Waals surface area (Å²) in [4.78, 5) is 26.2. The molecule has 1 aromatic heterocycles. The Morgan fingerprint density at radius 3 is 2.71 bits per heavy atom.